The van der Waals surface area contributed by atoms with Gasteiger partial charge in [-0.2, -0.15) is 0 Å². The zero-order valence-electron chi connectivity index (χ0n) is 24.0. The molecule has 0 aliphatic carbocycles. The number of rotatable bonds is 4. The Morgan fingerprint density at radius 3 is 2.31 bits per heavy atom. The van der Waals surface area contributed by atoms with Gasteiger partial charge in [-0.1, -0.05) is 59.7 Å². The summed E-state index contributed by atoms with van der Waals surface area (Å²) in [5.74, 6) is -2.47. The number of Topliss-reactive ketones (excluding diaryl/α,β-unsaturated/α-hetero) is 1. The molecule has 0 aromatic carbocycles. The number of ether oxygens (including phenoxy) is 1. The number of aliphatic hydroxyl groups is 1. The Labute approximate surface area is 218 Å². The molecule has 36 heavy (non-hydrogen) atoms. The minimum Gasteiger partial charge on any atom is -0.459 e. The Hall–Kier alpha value is -1.73. The molecule has 1 unspecified atom stereocenters. The third kappa shape index (κ3) is 6.39. The van der Waals surface area contributed by atoms with E-state index in [9.17, 15) is 14.7 Å². The highest BCUT2D eigenvalue weighted by Crippen LogP contribution is 2.43. The van der Waals surface area contributed by atoms with Crippen LogP contribution in [-0.2, 0) is 19.2 Å². The standard InChI is InChI=1S/C29H50N2O5/c1-11-24-29(10,34)22(8)18(4)25(31-36-23-13-14-30-16-23)17(3)15-28(9,12-2)21(7)19(5)26(32)20(6)27(33)35-24/h12,17-24,30,34H,2,11,13-16H2,1,3-10H3/b31-25+/t17-,18?,19-,20-,21-,22-,23-,24-,28+,29+/m1/s1. The Morgan fingerprint density at radius 1 is 1.14 bits per heavy atom. The summed E-state index contributed by atoms with van der Waals surface area (Å²) in [5.41, 5.74) is -0.831. The lowest BCUT2D eigenvalue weighted by Crippen LogP contribution is -2.52. The van der Waals surface area contributed by atoms with E-state index in [0.717, 1.165) is 31.6 Å². The lowest BCUT2D eigenvalue weighted by molar-refractivity contribution is -0.177. The second-order valence-electron chi connectivity index (χ2n) is 11.9. The van der Waals surface area contributed by atoms with Gasteiger partial charge in [0.15, 0.2) is 0 Å². The van der Waals surface area contributed by atoms with Crippen molar-refractivity contribution in [3.63, 3.8) is 0 Å². The molecule has 2 rings (SSSR count). The van der Waals surface area contributed by atoms with Crippen LogP contribution in [0.15, 0.2) is 17.8 Å². The minimum atomic E-state index is -1.33. The van der Waals surface area contributed by atoms with Crippen LogP contribution >= 0.6 is 0 Å². The van der Waals surface area contributed by atoms with Crippen molar-refractivity contribution in [2.45, 2.75) is 99.4 Å². The van der Waals surface area contributed by atoms with E-state index in [1.165, 1.54) is 0 Å². The van der Waals surface area contributed by atoms with Crippen LogP contribution < -0.4 is 5.32 Å². The number of allylic oxidation sites excluding steroid dienone is 1. The number of nitrogens with zero attached hydrogens (tertiary/aromatic N) is 1. The van der Waals surface area contributed by atoms with Crippen LogP contribution in [0.5, 0.6) is 0 Å². The van der Waals surface area contributed by atoms with E-state index >= 15 is 0 Å². The Bertz CT molecular complexity index is 818. The van der Waals surface area contributed by atoms with Gasteiger partial charge in [0, 0.05) is 24.8 Å². The number of cyclic esters (lactones) is 1. The predicted molar refractivity (Wildman–Crippen MR) is 144 cm³/mol. The summed E-state index contributed by atoms with van der Waals surface area (Å²) in [5, 5.41) is 19.7. The molecule has 2 N–H and O–H groups in total. The molecule has 7 heteroatoms. The SMILES string of the molecule is C=C[C@@]1(C)C[C@@H](C)/C(=N\O[C@@H]2CCNC2)C(C)[C@@H](C)[C@](C)(O)[C@@H](CC)OC(=O)[C@H](C)C(=O)[C@H](C)[C@H]1C. The molecule has 2 aliphatic heterocycles. The summed E-state index contributed by atoms with van der Waals surface area (Å²) in [6.45, 7) is 23.3. The first kappa shape index (κ1) is 30.5. The smallest absolute Gasteiger partial charge is 0.316 e. The summed E-state index contributed by atoms with van der Waals surface area (Å²) >= 11 is 0. The van der Waals surface area contributed by atoms with Gasteiger partial charge in [0.1, 0.15) is 29.5 Å². The zero-order chi connectivity index (χ0) is 27.4. The van der Waals surface area contributed by atoms with Gasteiger partial charge < -0.3 is 20.0 Å². The fraction of sp³-hybridized carbons (Fsp3) is 0.828. The number of oxime groups is 1. The number of ketones is 1. The van der Waals surface area contributed by atoms with Crippen molar-refractivity contribution in [2.24, 2.45) is 46.1 Å². The van der Waals surface area contributed by atoms with E-state index in [1.807, 2.05) is 26.8 Å². The van der Waals surface area contributed by atoms with E-state index < -0.39 is 23.6 Å². The van der Waals surface area contributed by atoms with Gasteiger partial charge in [0.25, 0.3) is 0 Å². The zero-order valence-corrected chi connectivity index (χ0v) is 24.0. The van der Waals surface area contributed by atoms with Crippen molar-refractivity contribution in [3.05, 3.63) is 12.7 Å². The highest BCUT2D eigenvalue weighted by atomic mass is 16.6. The van der Waals surface area contributed by atoms with Gasteiger partial charge in [-0.05, 0) is 56.4 Å². The molecule has 0 amide bonds. The van der Waals surface area contributed by atoms with Gasteiger partial charge in [-0.3, -0.25) is 9.59 Å². The molecule has 0 radical (unpaired) electrons. The molecular weight excluding hydrogens is 456 g/mol. The van der Waals surface area contributed by atoms with Crippen molar-refractivity contribution >= 4 is 17.5 Å². The summed E-state index contributed by atoms with van der Waals surface area (Å²) in [6, 6.07) is 0. The normalized spacial score (nSPS) is 44.7. The minimum absolute atomic E-state index is 0.0170. The molecule has 0 aromatic heterocycles. The summed E-state index contributed by atoms with van der Waals surface area (Å²) in [4.78, 5) is 32.4. The van der Waals surface area contributed by atoms with Crippen molar-refractivity contribution in [1.29, 1.82) is 0 Å². The topological polar surface area (TPSA) is 97.2 Å². The number of hydrogen-bond donors (Lipinski definition) is 2. The average molecular weight is 507 g/mol. The quantitative estimate of drug-likeness (QED) is 0.247. The second kappa shape index (κ2) is 12.2. The molecule has 0 spiro atoms. The lowest BCUT2D eigenvalue weighted by atomic mass is 9.64. The molecule has 0 aromatic rings. The maximum absolute atomic E-state index is 13.4. The largest absolute Gasteiger partial charge is 0.459 e. The fourth-order valence-electron chi connectivity index (χ4n) is 5.94. The average Bonchev–Trinajstić information content (AvgIpc) is 3.37. The molecule has 2 saturated heterocycles. The van der Waals surface area contributed by atoms with Crippen LogP contribution in [0.1, 0.15) is 81.6 Å². The Morgan fingerprint density at radius 2 is 1.78 bits per heavy atom. The first-order valence-corrected chi connectivity index (χ1v) is 13.8. The molecule has 7 nitrogen and oxygen atoms in total. The van der Waals surface area contributed by atoms with Crippen molar-refractivity contribution < 1.29 is 24.3 Å². The predicted octanol–water partition coefficient (Wildman–Crippen LogP) is 4.78. The maximum Gasteiger partial charge on any atom is 0.316 e. The third-order valence-corrected chi connectivity index (χ3v) is 9.48. The molecular formula is C29H50N2O5. The van der Waals surface area contributed by atoms with E-state index in [-0.39, 0.29) is 46.9 Å². The highest BCUT2D eigenvalue weighted by molar-refractivity contribution is 5.99. The number of carbonyl (C=O) groups is 2. The molecule has 0 bridgehead atoms. The van der Waals surface area contributed by atoms with Crippen LogP contribution in [0.25, 0.3) is 0 Å². The van der Waals surface area contributed by atoms with Crippen LogP contribution in [0.3, 0.4) is 0 Å². The van der Waals surface area contributed by atoms with Crippen LogP contribution in [0.4, 0.5) is 0 Å². The molecule has 2 aliphatic rings. The van der Waals surface area contributed by atoms with Crippen molar-refractivity contribution in [3.8, 4) is 0 Å². The van der Waals surface area contributed by atoms with Gasteiger partial charge in [0.05, 0.1) is 5.71 Å². The van der Waals surface area contributed by atoms with Gasteiger partial charge in [-0.15, -0.1) is 6.58 Å². The van der Waals surface area contributed by atoms with Crippen LogP contribution in [0.2, 0.25) is 0 Å². The number of hydrogen-bond acceptors (Lipinski definition) is 7. The molecule has 206 valence electrons. The van der Waals surface area contributed by atoms with E-state index in [0.29, 0.717) is 6.42 Å². The third-order valence-electron chi connectivity index (χ3n) is 9.48. The monoisotopic (exact) mass is 506 g/mol. The Balaban J connectivity index is 2.58. The molecule has 10 atom stereocenters. The van der Waals surface area contributed by atoms with Gasteiger partial charge in [0.2, 0.25) is 0 Å². The molecule has 0 saturated carbocycles. The van der Waals surface area contributed by atoms with Crippen LogP contribution in [-0.4, -0.2) is 53.5 Å². The molecule has 2 heterocycles. The van der Waals surface area contributed by atoms with Crippen molar-refractivity contribution in [2.75, 3.05) is 13.1 Å². The Kier molecular flexibility index (Phi) is 10.3. The van der Waals surface area contributed by atoms with Gasteiger partial charge in [-0.25, -0.2) is 0 Å². The number of nitrogens with one attached hydrogen (secondary N) is 1. The van der Waals surface area contributed by atoms with Crippen molar-refractivity contribution in [1.82, 2.24) is 5.32 Å². The summed E-state index contributed by atoms with van der Waals surface area (Å²) < 4.78 is 5.82. The number of esters is 1. The summed E-state index contributed by atoms with van der Waals surface area (Å²) in [7, 11) is 0. The maximum atomic E-state index is 13.4. The second-order valence-corrected chi connectivity index (χ2v) is 11.9. The first-order valence-electron chi connectivity index (χ1n) is 13.8. The van der Waals surface area contributed by atoms with E-state index in [2.05, 4.69) is 39.6 Å². The van der Waals surface area contributed by atoms with E-state index in [4.69, 9.17) is 14.7 Å². The number of carbonyl (C=O) groups excluding carboxylic acids is 2. The summed E-state index contributed by atoms with van der Waals surface area (Å²) in [6.07, 6.45) is 3.26. The highest BCUT2D eigenvalue weighted by Gasteiger charge is 2.46. The van der Waals surface area contributed by atoms with Gasteiger partial charge >= 0.3 is 5.97 Å². The lowest BCUT2D eigenvalue weighted by Gasteiger charge is -2.43. The first-order chi connectivity index (χ1) is 16.7. The fourth-order valence-corrected chi connectivity index (χ4v) is 5.94. The molecule has 2 fully saturated rings. The van der Waals surface area contributed by atoms with E-state index in [1.54, 1.807) is 13.8 Å². The van der Waals surface area contributed by atoms with Crippen LogP contribution in [0, 0.1) is 40.9 Å².